The van der Waals surface area contributed by atoms with Crippen LogP contribution in [0, 0.1) is 6.92 Å². The van der Waals surface area contributed by atoms with Crippen LogP contribution in [0.3, 0.4) is 0 Å². The molecular formula is C13H19N3S. The molecule has 17 heavy (non-hydrogen) atoms. The maximum absolute atomic E-state index is 6.00. The minimum Gasteiger partial charge on any atom is -0.345 e. The Morgan fingerprint density at radius 3 is 3.00 bits per heavy atom. The summed E-state index contributed by atoms with van der Waals surface area (Å²) in [6, 6.07) is 4.48. The van der Waals surface area contributed by atoms with Gasteiger partial charge in [0.15, 0.2) is 0 Å². The van der Waals surface area contributed by atoms with Gasteiger partial charge in [-0.05, 0) is 25.5 Å². The molecule has 1 unspecified atom stereocenters. The number of hydrogen-bond acceptors (Lipinski definition) is 3. The fraction of sp³-hybridized carbons (Fsp3) is 0.462. The topological polar surface area (TPSA) is 43.8 Å². The molecule has 0 bridgehead atoms. The highest BCUT2D eigenvalue weighted by atomic mass is 32.1. The Kier molecular flexibility index (Phi) is 3.97. The second-order valence-corrected chi connectivity index (χ2v) is 5.42. The molecule has 0 radical (unpaired) electrons. The molecule has 0 aliphatic carbocycles. The van der Waals surface area contributed by atoms with Gasteiger partial charge in [-0.15, -0.1) is 11.3 Å². The predicted octanol–water partition coefficient (Wildman–Crippen LogP) is 2.58. The maximum Gasteiger partial charge on any atom is 0.0898 e. The van der Waals surface area contributed by atoms with Crippen LogP contribution in [0.2, 0.25) is 0 Å². The molecule has 0 saturated heterocycles. The van der Waals surface area contributed by atoms with Crippen LogP contribution in [0.1, 0.15) is 29.7 Å². The predicted molar refractivity (Wildman–Crippen MR) is 72.4 cm³/mol. The lowest BCUT2D eigenvalue weighted by Gasteiger charge is -2.11. The van der Waals surface area contributed by atoms with E-state index in [1.54, 1.807) is 11.3 Å². The van der Waals surface area contributed by atoms with Gasteiger partial charge in [-0.2, -0.15) is 0 Å². The first-order chi connectivity index (χ1) is 8.19. The van der Waals surface area contributed by atoms with E-state index in [-0.39, 0.29) is 6.04 Å². The van der Waals surface area contributed by atoms with Gasteiger partial charge in [0.1, 0.15) is 0 Å². The van der Waals surface area contributed by atoms with Crippen molar-refractivity contribution in [2.75, 3.05) is 0 Å². The Hall–Kier alpha value is -1.13. The van der Waals surface area contributed by atoms with Crippen molar-refractivity contribution in [1.82, 2.24) is 9.55 Å². The van der Waals surface area contributed by atoms with E-state index in [4.69, 9.17) is 5.73 Å². The number of rotatable bonds is 5. The fourth-order valence-corrected chi connectivity index (χ4v) is 2.46. The summed E-state index contributed by atoms with van der Waals surface area (Å²) in [6.07, 6.45) is 4.06. The summed E-state index contributed by atoms with van der Waals surface area (Å²) < 4.78 is 2.24. The number of nitrogens with two attached hydrogens (primary N) is 1. The molecule has 0 amide bonds. The zero-order valence-corrected chi connectivity index (χ0v) is 11.2. The Morgan fingerprint density at radius 2 is 2.35 bits per heavy atom. The molecule has 0 aliphatic heterocycles. The lowest BCUT2D eigenvalue weighted by atomic mass is 10.1. The van der Waals surface area contributed by atoms with Crippen molar-refractivity contribution in [1.29, 1.82) is 0 Å². The van der Waals surface area contributed by atoms with E-state index in [0.717, 1.165) is 30.1 Å². The summed E-state index contributed by atoms with van der Waals surface area (Å²) in [7, 11) is 0. The number of aromatic nitrogens is 2. The van der Waals surface area contributed by atoms with Gasteiger partial charge in [-0.25, -0.2) is 4.98 Å². The molecule has 2 rings (SSSR count). The summed E-state index contributed by atoms with van der Waals surface area (Å²) in [4.78, 5) is 4.49. The number of hydrogen-bond donors (Lipinski definition) is 1. The first-order valence-electron chi connectivity index (χ1n) is 5.99. The van der Waals surface area contributed by atoms with Gasteiger partial charge in [0.2, 0.25) is 0 Å². The molecule has 2 aromatic rings. The van der Waals surface area contributed by atoms with Crippen molar-refractivity contribution in [2.24, 2.45) is 5.73 Å². The van der Waals surface area contributed by atoms with Crippen LogP contribution in [0.5, 0.6) is 0 Å². The van der Waals surface area contributed by atoms with Crippen molar-refractivity contribution in [3.8, 4) is 0 Å². The van der Waals surface area contributed by atoms with Crippen LogP contribution >= 0.6 is 11.3 Å². The second-order valence-electron chi connectivity index (χ2n) is 4.36. The molecular weight excluding hydrogens is 230 g/mol. The van der Waals surface area contributed by atoms with Crippen LogP contribution in [-0.2, 0) is 13.0 Å². The molecule has 0 aliphatic rings. The maximum atomic E-state index is 6.00. The molecule has 0 aromatic carbocycles. The normalized spacial score (nSPS) is 12.9. The highest BCUT2D eigenvalue weighted by Crippen LogP contribution is 2.13. The quantitative estimate of drug-likeness (QED) is 0.885. The number of nitrogens with zero attached hydrogens (tertiary/aromatic N) is 2. The number of thiazole rings is 1. The zero-order chi connectivity index (χ0) is 12.3. The Morgan fingerprint density at radius 1 is 1.53 bits per heavy atom. The number of aryl methyl sites for hydroxylation is 1. The van der Waals surface area contributed by atoms with Crippen molar-refractivity contribution >= 4 is 11.3 Å². The molecule has 92 valence electrons. The van der Waals surface area contributed by atoms with Crippen molar-refractivity contribution in [2.45, 2.75) is 39.3 Å². The summed E-state index contributed by atoms with van der Waals surface area (Å²) in [5.74, 6) is 0. The van der Waals surface area contributed by atoms with Gasteiger partial charge in [-0.3, -0.25) is 0 Å². The summed E-state index contributed by atoms with van der Waals surface area (Å²) >= 11 is 1.70. The average molecular weight is 249 g/mol. The van der Waals surface area contributed by atoms with Gasteiger partial charge < -0.3 is 10.3 Å². The van der Waals surface area contributed by atoms with E-state index in [0.29, 0.717) is 0 Å². The minimum atomic E-state index is 0.251. The fourth-order valence-electron chi connectivity index (χ4n) is 1.86. The van der Waals surface area contributed by atoms with E-state index >= 15 is 0 Å². The molecule has 0 fully saturated rings. The van der Waals surface area contributed by atoms with Crippen LogP contribution in [-0.4, -0.2) is 15.6 Å². The van der Waals surface area contributed by atoms with Crippen molar-refractivity contribution in [3.05, 3.63) is 40.1 Å². The third-order valence-corrected chi connectivity index (χ3v) is 3.74. The Balaban J connectivity index is 2.08. The van der Waals surface area contributed by atoms with Gasteiger partial charge in [0.05, 0.1) is 17.2 Å². The summed E-state index contributed by atoms with van der Waals surface area (Å²) in [6.45, 7) is 5.02. The van der Waals surface area contributed by atoms with E-state index < -0.39 is 0 Å². The Bertz CT molecular complexity index is 472. The monoisotopic (exact) mass is 249 g/mol. The lowest BCUT2D eigenvalue weighted by Crippen LogP contribution is -2.23. The zero-order valence-electron chi connectivity index (χ0n) is 10.4. The SMILES string of the molecule is CCC(N)Cc1cccn1Cc1csc(C)n1. The molecule has 0 spiro atoms. The molecule has 0 saturated carbocycles. The van der Waals surface area contributed by atoms with E-state index in [2.05, 4.69) is 40.2 Å². The molecule has 2 heterocycles. The van der Waals surface area contributed by atoms with E-state index in [1.807, 2.05) is 6.92 Å². The van der Waals surface area contributed by atoms with Gasteiger partial charge in [-0.1, -0.05) is 6.92 Å². The first kappa shape index (κ1) is 12.3. The van der Waals surface area contributed by atoms with Gasteiger partial charge >= 0.3 is 0 Å². The second kappa shape index (κ2) is 5.47. The summed E-state index contributed by atoms with van der Waals surface area (Å²) in [5, 5.41) is 3.25. The smallest absolute Gasteiger partial charge is 0.0898 e. The van der Waals surface area contributed by atoms with Crippen LogP contribution < -0.4 is 5.73 Å². The third-order valence-electron chi connectivity index (χ3n) is 2.92. The van der Waals surface area contributed by atoms with Gasteiger partial charge in [0, 0.05) is 29.7 Å². The van der Waals surface area contributed by atoms with Crippen LogP contribution in [0.15, 0.2) is 23.7 Å². The standard InChI is InChI=1S/C13H19N3S/c1-3-11(14)7-13-5-4-6-16(13)8-12-9-17-10(2)15-12/h4-6,9,11H,3,7-8,14H2,1-2H3. The van der Waals surface area contributed by atoms with Crippen LogP contribution in [0.25, 0.3) is 0 Å². The largest absolute Gasteiger partial charge is 0.345 e. The molecule has 4 heteroatoms. The average Bonchev–Trinajstić information content (AvgIpc) is 2.89. The summed E-state index contributed by atoms with van der Waals surface area (Å²) in [5.41, 5.74) is 8.43. The van der Waals surface area contributed by atoms with E-state index in [9.17, 15) is 0 Å². The molecule has 3 nitrogen and oxygen atoms in total. The highest BCUT2D eigenvalue weighted by molar-refractivity contribution is 7.09. The van der Waals surface area contributed by atoms with Crippen molar-refractivity contribution in [3.63, 3.8) is 0 Å². The van der Waals surface area contributed by atoms with E-state index in [1.165, 1.54) is 5.69 Å². The van der Waals surface area contributed by atoms with Crippen LogP contribution in [0.4, 0.5) is 0 Å². The van der Waals surface area contributed by atoms with Crippen molar-refractivity contribution < 1.29 is 0 Å². The minimum absolute atomic E-state index is 0.251. The highest BCUT2D eigenvalue weighted by Gasteiger charge is 2.07. The molecule has 1 atom stereocenters. The van der Waals surface area contributed by atoms with Gasteiger partial charge in [0.25, 0.3) is 0 Å². The lowest BCUT2D eigenvalue weighted by molar-refractivity contribution is 0.608. The first-order valence-corrected chi connectivity index (χ1v) is 6.87. The Labute approximate surface area is 106 Å². The molecule has 2 aromatic heterocycles. The molecule has 2 N–H and O–H groups in total. The third kappa shape index (κ3) is 3.17.